The summed E-state index contributed by atoms with van der Waals surface area (Å²) < 4.78 is 27.1. The minimum Gasteiger partial charge on any atom is -0.506 e. The maximum Gasteiger partial charge on any atom is 0.243 e. The number of rotatable bonds is 6. The molecule has 1 aromatic carbocycles. The maximum absolute atomic E-state index is 13.4. The highest BCUT2D eigenvalue weighted by molar-refractivity contribution is 9.10. The number of anilines is 1. The molecule has 4 saturated carbocycles. The van der Waals surface area contributed by atoms with Crippen LogP contribution >= 0.6 is 15.9 Å². The number of hydrogen-bond donors (Lipinski definition) is 2. The molecule has 4 aliphatic rings. The molecule has 6 nitrogen and oxygen atoms in total. The number of phenols is 1. The van der Waals surface area contributed by atoms with E-state index in [1.165, 1.54) is 28.9 Å². The number of carbonyl (C=O) groups is 1. The smallest absolute Gasteiger partial charge is 0.243 e. The summed E-state index contributed by atoms with van der Waals surface area (Å²) in [6.07, 6.45) is 6.01. The average molecular weight is 485 g/mol. The molecule has 8 heteroatoms. The molecule has 1 aromatic rings. The average Bonchev–Trinajstić information content (AvgIpc) is 2.62. The lowest BCUT2D eigenvalue weighted by atomic mass is 9.49. The van der Waals surface area contributed by atoms with Crippen LogP contribution < -0.4 is 5.32 Å². The molecule has 2 unspecified atom stereocenters. The normalized spacial score (nSPS) is 33.2. The minimum atomic E-state index is -3.67. The van der Waals surface area contributed by atoms with E-state index in [-0.39, 0.29) is 26.6 Å². The van der Waals surface area contributed by atoms with Crippen molar-refractivity contribution < 1.29 is 18.3 Å². The lowest BCUT2D eigenvalue weighted by Crippen LogP contribution is -2.57. The van der Waals surface area contributed by atoms with E-state index >= 15 is 0 Å². The lowest BCUT2D eigenvalue weighted by Gasteiger charge is -2.59. The number of alkyl halides is 1. The van der Waals surface area contributed by atoms with Gasteiger partial charge >= 0.3 is 0 Å². The summed E-state index contributed by atoms with van der Waals surface area (Å²) in [5.41, 5.74) is -0.268. The van der Waals surface area contributed by atoms with Crippen LogP contribution in [0.1, 0.15) is 52.4 Å². The number of sulfonamides is 1. The second-order valence-electron chi connectivity index (χ2n) is 9.11. The van der Waals surface area contributed by atoms with Crippen LogP contribution in [0.2, 0.25) is 0 Å². The third-order valence-electron chi connectivity index (χ3n) is 7.03. The number of aromatic hydroxyl groups is 1. The van der Waals surface area contributed by atoms with Gasteiger partial charge in [-0.1, -0.05) is 29.8 Å². The van der Waals surface area contributed by atoms with E-state index in [1.54, 1.807) is 13.8 Å². The van der Waals surface area contributed by atoms with Gasteiger partial charge in [-0.25, -0.2) is 8.42 Å². The first kappa shape index (κ1) is 21.1. The second kappa shape index (κ2) is 7.24. The van der Waals surface area contributed by atoms with Gasteiger partial charge < -0.3 is 10.4 Å². The maximum atomic E-state index is 13.4. The number of nitrogens with zero attached hydrogens (tertiary/aromatic N) is 1. The van der Waals surface area contributed by atoms with Gasteiger partial charge in [-0.3, -0.25) is 4.79 Å². The Labute approximate surface area is 181 Å². The molecule has 0 radical (unpaired) electrons. The molecule has 0 aromatic heterocycles. The highest BCUT2D eigenvalue weighted by atomic mass is 79.9. The number of phenolic OH excluding ortho intramolecular Hbond substituents is 1. The molecule has 4 bridgehead atoms. The van der Waals surface area contributed by atoms with Crippen molar-refractivity contribution in [3.63, 3.8) is 0 Å². The van der Waals surface area contributed by atoms with Crippen LogP contribution in [0.3, 0.4) is 0 Å². The van der Waals surface area contributed by atoms with E-state index < -0.39 is 15.4 Å². The number of hydrogen-bond acceptors (Lipinski definition) is 4. The predicted octanol–water partition coefficient (Wildman–Crippen LogP) is 4.10. The fraction of sp³-hybridized carbons (Fsp3) is 0.667. The largest absolute Gasteiger partial charge is 0.506 e. The van der Waals surface area contributed by atoms with Crippen molar-refractivity contribution in [1.29, 1.82) is 0 Å². The predicted molar refractivity (Wildman–Crippen MR) is 116 cm³/mol. The standard InChI is InChI=1S/C21H29BrN2O4S/c1-3-24(4-2)29(27,28)16-5-6-18(25)17(8-16)23-19(26)20-9-14-7-15(10-20)12-21(22,11-14)13-20/h5-6,8,14-15,25H,3-4,7,9-13H2,1-2H3,(H,23,26). The van der Waals surface area contributed by atoms with Gasteiger partial charge in [0.15, 0.2) is 0 Å². The van der Waals surface area contributed by atoms with Crippen molar-refractivity contribution in [2.75, 3.05) is 18.4 Å². The molecule has 5 rings (SSSR count). The summed E-state index contributed by atoms with van der Waals surface area (Å²) in [6.45, 7) is 4.29. The van der Waals surface area contributed by atoms with Crippen LogP contribution in [0.4, 0.5) is 5.69 Å². The zero-order valence-electron chi connectivity index (χ0n) is 16.9. The number of carbonyl (C=O) groups excluding carboxylic acids is 1. The van der Waals surface area contributed by atoms with E-state index in [9.17, 15) is 18.3 Å². The van der Waals surface area contributed by atoms with E-state index in [2.05, 4.69) is 21.2 Å². The first-order valence-corrected chi connectivity index (χ1v) is 12.7. The van der Waals surface area contributed by atoms with Crippen molar-refractivity contribution in [1.82, 2.24) is 4.31 Å². The molecule has 0 heterocycles. The zero-order chi connectivity index (χ0) is 21.0. The fourth-order valence-electron chi connectivity index (χ4n) is 6.16. The number of nitrogens with one attached hydrogen (secondary N) is 1. The Hall–Kier alpha value is -1.12. The highest BCUT2D eigenvalue weighted by Crippen LogP contribution is 2.64. The van der Waals surface area contributed by atoms with Gasteiger partial charge in [0.1, 0.15) is 5.75 Å². The highest BCUT2D eigenvalue weighted by Gasteiger charge is 2.59. The first-order valence-electron chi connectivity index (χ1n) is 10.4. The zero-order valence-corrected chi connectivity index (χ0v) is 19.4. The molecule has 2 N–H and O–H groups in total. The Balaban J connectivity index is 1.61. The van der Waals surface area contributed by atoms with Gasteiger partial charge in [-0.15, -0.1) is 0 Å². The van der Waals surface area contributed by atoms with Crippen LogP contribution in [0, 0.1) is 17.3 Å². The summed E-state index contributed by atoms with van der Waals surface area (Å²) in [4.78, 5) is 13.4. The van der Waals surface area contributed by atoms with Crippen molar-refractivity contribution in [3.8, 4) is 5.75 Å². The second-order valence-corrected chi connectivity index (χ2v) is 12.7. The summed E-state index contributed by atoms with van der Waals surface area (Å²) in [5.74, 6) is 0.909. The van der Waals surface area contributed by atoms with Crippen LogP contribution in [0.5, 0.6) is 5.75 Å². The SMILES string of the molecule is CCN(CC)S(=O)(=O)c1ccc(O)c(NC(=O)C23CC4CC(CC(Br)(C4)C2)C3)c1. The van der Waals surface area contributed by atoms with Crippen LogP contribution in [-0.2, 0) is 14.8 Å². The number of halogens is 1. The third-order valence-corrected chi connectivity index (χ3v) is 10.0. The molecule has 4 fully saturated rings. The Bertz CT molecular complexity index is 915. The van der Waals surface area contributed by atoms with Gasteiger partial charge in [0.25, 0.3) is 0 Å². The van der Waals surface area contributed by atoms with E-state index in [4.69, 9.17) is 0 Å². The van der Waals surface area contributed by atoms with Crippen molar-refractivity contribution >= 4 is 37.5 Å². The van der Waals surface area contributed by atoms with Gasteiger partial charge in [0.05, 0.1) is 16.0 Å². The molecular weight excluding hydrogens is 456 g/mol. The van der Waals surface area contributed by atoms with E-state index in [0.717, 1.165) is 32.1 Å². The van der Waals surface area contributed by atoms with Gasteiger partial charge in [-0.2, -0.15) is 4.31 Å². The summed E-state index contributed by atoms with van der Waals surface area (Å²) in [5, 5.41) is 13.2. The lowest BCUT2D eigenvalue weighted by molar-refractivity contribution is -0.138. The number of benzene rings is 1. The molecule has 0 saturated heterocycles. The topological polar surface area (TPSA) is 86.7 Å². The molecule has 4 aliphatic carbocycles. The Morgan fingerprint density at radius 2 is 1.83 bits per heavy atom. The van der Waals surface area contributed by atoms with E-state index in [1.807, 2.05) is 0 Å². The van der Waals surface area contributed by atoms with Crippen LogP contribution in [0.15, 0.2) is 23.1 Å². The molecule has 1 amide bonds. The van der Waals surface area contributed by atoms with Crippen LogP contribution in [0.25, 0.3) is 0 Å². The summed E-state index contributed by atoms with van der Waals surface area (Å²) in [7, 11) is -3.67. The Kier molecular flexibility index (Phi) is 5.27. The van der Waals surface area contributed by atoms with Gasteiger partial charge in [0.2, 0.25) is 15.9 Å². The molecular formula is C21H29BrN2O4S. The fourth-order valence-corrected chi connectivity index (χ4v) is 9.10. The molecule has 2 atom stereocenters. The molecule has 0 aliphatic heterocycles. The third kappa shape index (κ3) is 3.61. The summed E-state index contributed by atoms with van der Waals surface area (Å²) in [6, 6.07) is 4.11. The molecule has 29 heavy (non-hydrogen) atoms. The number of amides is 1. The first-order chi connectivity index (χ1) is 13.6. The van der Waals surface area contributed by atoms with Crippen molar-refractivity contribution in [3.05, 3.63) is 18.2 Å². The minimum absolute atomic E-state index is 0.0460. The van der Waals surface area contributed by atoms with Gasteiger partial charge in [0, 0.05) is 17.4 Å². The van der Waals surface area contributed by atoms with Crippen LogP contribution in [-0.4, -0.2) is 41.2 Å². The monoisotopic (exact) mass is 484 g/mol. The van der Waals surface area contributed by atoms with Crippen molar-refractivity contribution in [2.24, 2.45) is 17.3 Å². The van der Waals surface area contributed by atoms with Gasteiger partial charge in [-0.05, 0) is 68.6 Å². The van der Waals surface area contributed by atoms with Crippen molar-refractivity contribution in [2.45, 2.75) is 61.6 Å². The quantitative estimate of drug-likeness (QED) is 0.470. The molecule has 160 valence electrons. The van der Waals surface area contributed by atoms with E-state index in [0.29, 0.717) is 24.9 Å². The Morgan fingerprint density at radius 3 is 2.38 bits per heavy atom. The summed E-state index contributed by atoms with van der Waals surface area (Å²) >= 11 is 3.92. The Morgan fingerprint density at radius 1 is 1.21 bits per heavy atom. The molecule has 0 spiro atoms.